The Morgan fingerprint density at radius 3 is 2.19 bits per heavy atom. The summed E-state index contributed by atoms with van der Waals surface area (Å²) in [6, 6.07) is 51.9. The lowest BCUT2D eigenvalue weighted by molar-refractivity contribution is 0.428. The highest BCUT2D eigenvalue weighted by Crippen LogP contribution is 2.42. The van der Waals surface area contributed by atoms with E-state index in [1.54, 1.807) is 0 Å². The van der Waals surface area contributed by atoms with E-state index in [1.165, 1.54) is 0 Å². The van der Waals surface area contributed by atoms with Gasteiger partial charge in [0.25, 0.3) is 0 Å². The molecule has 1 aliphatic rings. The number of nitriles is 3. The molecule has 1 unspecified atom stereocenters. The number of hydrogen-bond acceptors (Lipinski definition) is 3. The van der Waals surface area contributed by atoms with Crippen LogP contribution in [0.4, 0.5) is 0 Å². The Hall–Kier alpha value is -7.31. The standard InChI is InChI=1S/C47H29N5/c1-47(21-9-11-36(27-47)51-41-15-5-4-14-39(41)40-25-31(28-48)19-20-44(40)51)26-32-22-33(29-49)24-35(23-32)46-34(30-50)10-8-18-45(46)52-42-16-6-2-12-37(42)38-13-3-7-17-43(38)52/h2-4,6-14,16-25H,26-27H2,1H3. The molecule has 0 saturated heterocycles. The summed E-state index contributed by atoms with van der Waals surface area (Å²) in [5.74, 6) is 0. The van der Waals surface area contributed by atoms with E-state index in [0.717, 1.165) is 78.1 Å². The summed E-state index contributed by atoms with van der Waals surface area (Å²) in [4.78, 5) is 0. The summed E-state index contributed by atoms with van der Waals surface area (Å²) in [5.41, 5.74) is 10.2. The highest BCUT2D eigenvalue weighted by atomic mass is 15.0. The predicted octanol–water partition coefficient (Wildman–Crippen LogP) is 10.8. The first-order valence-electron chi connectivity index (χ1n) is 17.2. The fraction of sp³-hybridized carbons (Fsp3) is 0.0851. The van der Waals surface area contributed by atoms with Gasteiger partial charge in [0, 0.05) is 32.8 Å². The van der Waals surface area contributed by atoms with Gasteiger partial charge in [0.2, 0.25) is 0 Å². The third kappa shape index (κ3) is 4.85. The molecule has 0 aliphatic heterocycles. The van der Waals surface area contributed by atoms with Gasteiger partial charge in [-0.15, -0.1) is 0 Å². The highest BCUT2D eigenvalue weighted by molar-refractivity contribution is 6.11. The summed E-state index contributed by atoms with van der Waals surface area (Å²) in [6.07, 6.45) is 7.93. The quantitative estimate of drug-likeness (QED) is 0.184. The zero-order chi connectivity index (χ0) is 35.4. The van der Waals surface area contributed by atoms with Gasteiger partial charge in [0.15, 0.2) is 0 Å². The molecule has 0 radical (unpaired) electrons. The van der Waals surface area contributed by atoms with Crippen molar-refractivity contribution in [3.63, 3.8) is 0 Å². The maximum atomic E-state index is 10.5. The fourth-order valence-electron chi connectivity index (χ4n) is 8.18. The van der Waals surface area contributed by atoms with Crippen LogP contribution in [0.25, 0.3) is 66.1 Å². The van der Waals surface area contributed by atoms with Crippen LogP contribution in [0.1, 0.15) is 35.6 Å². The van der Waals surface area contributed by atoms with Gasteiger partial charge >= 0.3 is 0 Å². The van der Waals surface area contributed by atoms with Gasteiger partial charge in [-0.3, -0.25) is 0 Å². The number of rotatable bonds is 5. The van der Waals surface area contributed by atoms with E-state index in [2.05, 4.69) is 113 Å². The summed E-state index contributed by atoms with van der Waals surface area (Å²) in [6.45, 7) is 2.25. The smallest absolute Gasteiger partial charge is 0.105 e. The van der Waals surface area contributed by atoms with Gasteiger partial charge in [-0.05, 0) is 108 Å². The fourth-order valence-corrected chi connectivity index (χ4v) is 8.18. The van der Waals surface area contributed by atoms with Crippen LogP contribution in [0.15, 0.2) is 133 Å². The van der Waals surface area contributed by atoms with Crippen LogP contribution >= 0.6 is 0 Å². The molecule has 0 spiro atoms. The maximum absolute atomic E-state index is 10.5. The first kappa shape index (κ1) is 30.7. The minimum atomic E-state index is -0.284. The largest absolute Gasteiger partial charge is 0.309 e. The van der Waals surface area contributed by atoms with Gasteiger partial charge in [-0.2, -0.15) is 15.8 Å². The van der Waals surface area contributed by atoms with Crippen molar-refractivity contribution >= 4 is 49.3 Å². The molecule has 0 amide bonds. The average molecular weight is 664 g/mol. The summed E-state index contributed by atoms with van der Waals surface area (Å²) in [7, 11) is 0. The Labute approximate surface area is 301 Å². The molecule has 5 heteroatoms. The van der Waals surface area contributed by atoms with Crippen molar-refractivity contribution in [1.82, 2.24) is 9.13 Å². The second kappa shape index (κ2) is 11.9. The first-order valence-corrected chi connectivity index (χ1v) is 17.2. The van der Waals surface area contributed by atoms with Crippen molar-refractivity contribution in [3.05, 3.63) is 168 Å². The molecule has 2 heterocycles. The van der Waals surface area contributed by atoms with Crippen LogP contribution in [0.2, 0.25) is 0 Å². The summed E-state index contributed by atoms with van der Waals surface area (Å²) >= 11 is 0. The second-order valence-corrected chi connectivity index (χ2v) is 13.8. The molecule has 5 nitrogen and oxygen atoms in total. The van der Waals surface area contributed by atoms with Crippen LogP contribution in [0, 0.1) is 51.5 Å². The van der Waals surface area contributed by atoms with E-state index in [9.17, 15) is 15.8 Å². The van der Waals surface area contributed by atoms with Gasteiger partial charge in [0.05, 0.1) is 57.1 Å². The molecule has 0 saturated carbocycles. The Balaban J connectivity index is 1.15. The number of hydrogen-bond donors (Lipinski definition) is 0. The van der Waals surface area contributed by atoms with Crippen LogP contribution in [-0.2, 0) is 6.42 Å². The number of fused-ring (bicyclic) bond motifs is 6. The van der Waals surface area contributed by atoms with E-state index >= 15 is 0 Å². The molecule has 0 N–H and O–H groups in total. The van der Waals surface area contributed by atoms with E-state index < -0.39 is 0 Å². The van der Waals surface area contributed by atoms with Crippen molar-refractivity contribution in [2.45, 2.75) is 19.8 Å². The van der Waals surface area contributed by atoms with Crippen molar-refractivity contribution in [1.29, 1.82) is 15.8 Å². The number of aromatic nitrogens is 2. The molecule has 9 rings (SSSR count). The molecule has 1 aliphatic carbocycles. The van der Waals surface area contributed by atoms with Crippen molar-refractivity contribution in [2.24, 2.45) is 5.41 Å². The van der Waals surface area contributed by atoms with Crippen LogP contribution in [0.3, 0.4) is 0 Å². The minimum absolute atomic E-state index is 0.284. The van der Waals surface area contributed by atoms with Crippen molar-refractivity contribution in [3.8, 4) is 35.0 Å². The van der Waals surface area contributed by atoms with Gasteiger partial charge < -0.3 is 9.13 Å². The third-order valence-electron chi connectivity index (χ3n) is 10.3. The minimum Gasteiger partial charge on any atom is -0.309 e. The SMILES string of the molecule is CC1(Cc2cc(C#N)cc(-c3c(C#N)cccc3-n3c4ccccc4c4ccccc43)c2)C=CC=C(n2c3c#cccc3c3cc(C#N)ccc32)C1. The zero-order valence-corrected chi connectivity index (χ0v) is 28.4. The zero-order valence-electron chi connectivity index (χ0n) is 28.4. The molecule has 242 valence electrons. The normalized spacial score (nSPS) is 15.3. The predicted molar refractivity (Wildman–Crippen MR) is 207 cm³/mol. The lowest BCUT2D eigenvalue weighted by Gasteiger charge is -2.31. The van der Waals surface area contributed by atoms with E-state index in [1.807, 2.05) is 66.7 Å². The first-order chi connectivity index (χ1) is 25.5. The molecule has 52 heavy (non-hydrogen) atoms. The Morgan fingerprint density at radius 1 is 0.692 bits per heavy atom. The molecule has 6 aromatic carbocycles. The molecule has 0 bridgehead atoms. The van der Waals surface area contributed by atoms with E-state index in [4.69, 9.17) is 0 Å². The van der Waals surface area contributed by atoms with Crippen LogP contribution < -0.4 is 0 Å². The van der Waals surface area contributed by atoms with E-state index in [-0.39, 0.29) is 5.41 Å². The van der Waals surface area contributed by atoms with Gasteiger partial charge in [0.1, 0.15) is 5.52 Å². The number of allylic oxidation sites excluding steroid dienone is 4. The molecule has 0 fully saturated rings. The van der Waals surface area contributed by atoms with Gasteiger partial charge in [-0.1, -0.05) is 73.7 Å². The summed E-state index contributed by atoms with van der Waals surface area (Å²) in [5, 5.41) is 34.7. The van der Waals surface area contributed by atoms with Crippen molar-refractivity contribution in [2.75, 3.05) is 0 Å². The summed E-state index contributed by atoms with van der Waals surface area (Å²) < 4.78 is 4.48. The monoisotopic (exact) mass is 663 g/mol. The molecule has 1 atom stereocenters. The second-order valence-electron chi connectivity index (χ2n) is 13.8. The Bertz CT molecular complexity index is 2910. The lowest BCUT2D eigenvalue weighted by Crippen LogP contribution is -2.21. The van der Waals surface area contributed by atoms with Crippen molar-refractivity contribution < 1.29 is 0 Å². The van der Waals surface area contributed by atoms with Gasteiger partial charge in [-0.25, -0.2) is 0 Å². The van der Waals surface area contributed by atoms with E-state index in [0.29, 0.717) is 23.1 Å². The number of benzene rings is 5. The maximum Gasteiger partial charge on any atom is 0.105 e. The average Bonchev–Trinajstić information content (AvgIpc) is 3.69. The van der Waals surface area contributed by atoms with Crippen LogP contribution in [0.5, 0.6) is 0 Å². The molecular formula is C47H29N5. The Kier molecular flexibility index (Phi) is 7.05. The topological polar surface area (TPSA) is 81.2 Å². The Morgan fingerprint density at radius 2 is 1.44 bits per heavy atom. The number of para-hydroxylation sites is 2. The third-order valence-corrected chi connectivity index (χ3v) is 10.3. The lowest BCUT2D eigenvalue weighted by atomic mass is 9.76. The molecule has 2 aromatic heterocycles. The molecule has 8 aromatic rings. The molecular weight excluding hydrogens is 635 g/mol. The highest BCUT2D eigenvalue weighted by Gasteiger charge is 2.28. The number of nitrogens with zero attached hydrogens (tertiary/aromatic N) is 5. The van der Waals surface area contributed by atoms with Crippen LogP contribution in [-0.4, -0.2) is 9.13 Å².